The standard InChI is InChI=1S/C18H18BrClN4O/c1-11-8-14(10-23(2)17(11)25)22-16(12-4-6-13(20)7-5-12)15-9-21-18(19)24(15)3/h4-10,16,22H,1-3H3. The van der Waals surface area contributed by atoms with E-state index in [0.717, 1.165) is 21.7 Å². The van der Waals surface area contributed by atoms with E-state index in [1.807, 2.05) is 55.1 Å². The van der Waals surface area contributed by atoms with Crippen LogP contribution in [0.25, 0.3) is 0 Å². The number of hydrogen-bond donors (Lipinski definition) is 1. The lowest BCUT2D eigenvalue weighted by Gasteiger charge is -2.22. The van der Waals surface area contributed by atoms with E-state index < -0.39 is 0 Å². The normalized spacial score (nSPS) is 12.2. The highest BCUT2D eigenvalue weighted by Gasteiger charge is 2.19. The largest absolute Gasteiger partial charge is 0.372 e. The van der Waals surface area contributed by atoms with Crippen molar-refractivity contribution < 1.29 is 0 Å². The van der Waals surface area contributed by atoms with Crippen molar-refractivity contribution in [3.05, 3.63) is 79.7 Å². The van der Waals surface area contributed by atoms with Gasteiger partial charge < -0.3 is 14.5 Å². The van der Waals surface area contributed by atoms with E-state index in [1.165, 1.54) is 0 Å². The second kappa shape index (κ2) is 7.06. The van der Waals surface area contributed by atoms with Gasteiger partial charge in [-0.05, 0) is 46.6 Å². The SMILES string of the molecule is Cc1cc(NC(c2ccc(Cl)cc2)c2cnc(Br)n2C)cn(C)c1=O. The number of imidazole rings is 1. The van der Waals surface area contributed by atoms with Crippen LogP contribution in [0.3, 0.4) is 0 Å². The zero-order valence-electron chi connectivity index (χ0n) is 14.1. The summed E-state index contributed by atoms with van der Waals surface area (Å²) in [5, 5.41) is 4.20. The zero-order valence-corrected chi connectivity index (χ0v) is 16.5. The van der Waals surface area contributed by atoms with Gasteiger partial charge >= 0.3 is 0 Å². The second-order valence-corrected chi connectivity index (χ2v) is 7.11. The Morgan fingerprint density at radius 3 is 2.48 bits per heavy atom. The predicted octanol–water partition coefficient (Wildman–Crippen LogP) is 4.04. The molecule has 0 aliphatic carbocycles. The smallest absolute Gasteiger partial charge is 0.253 e. The lowest BCUT2D eigenvalue weighted by molar-refractivity contribution is 0.760. The van der Waals surface area contributed by atoms with Crippen LogP contribution in [0.2, 0.25) is 5.02 Å². The molecule has 2 heterocycles. The molecule has 0 aliphatic heterocycles. The van der Waals surface area contributed by atoms with E-state index in [-0.39, 0.29) is 11.6 Å². The molecule has 130 valence electrons. The first-order valence-corrected chi connectivity index (χ1v) is 8.90. The molecule has 0 spiro atoms. The molecule has 1 N–H and O–H groups in total. The molecule has 0 fully saturated rings. The molecule has 0 saturated heterocycles. The zero-order chi connectivity index (χ0) is 18.1. The highest BCUT2D eigenvalue weighted by molar-refractivity contribution is 9.10. The molecule has 1 aromatic carbocycles. The first kappa shape index (κ1) is 17.8. The van der Waals surface area contributed by atoms with Crippen LogP contribution in [-0.2, 0) is 14.1 Å². The summed E-state index contributed by atoms with van der Waals surface area (Å²) in [4.78, 5) is 16.3. The number of halogens is 2. The highest BCUT2D eigenvalue weighted by atomic mass is 79.9. The molecule has 1 atom stereocenters. The van der Waals surface area contributed by atoms with Gasteiger partial charge in [0.05, 0.1) is 23.6 Å². The summed E-state index contributed by atoms with van der Waals surface area (Å²) in [5.41, 5.74) is 3.58. The summed E-state index contributed by atoms with van der Waals surface area (Å²) >= 11 is 9.48. The van der Waals surface area contributed by atoms with Crippen LogP contribution in [0.5, 0.6) is 0 Å². The molecular weight excluding hydrogens is 404 g/mol. The highest BCUT2D eigenvalue weighted by Crippen LogP contribution is 2.29. The summed E-state index contributed by atoms with van der Waals surface area (Å²) in [6.45, 7) is 1.81. The molecular formula is C18H18BrClN4O. The van der Waals surface area contributed by atoms with Gasteiger partial charge in [0.2, 0.25) is 0 Å². The van der Waals surface area contributed by atoms with Gasteiger partial charge in [0.1, 0.15) is 0 Å². The van der Waals surface area contributed by atoms with Crippen molar-refractivity contribution >= 4 is 33.2 Å². The van der Waals surface area contributed by atoms with Crippen LogP contribution in [-0.4, -0.2) is 14.1 Å². The minimum Gasteiger partial charge on any atom is -0.372 e. The van der Waals surface area contributed by atoms with Crippen molar-refractivity contribution in [2.75, 3.05) is 5.32 Å². The number of aromatic nitrogens is 3. The fourth-order valence-corrected chi connectivity index (χ4v) is 3.21. The third-order valence-corrected chi connectivity index (χ3v) is 5.13. The monoisotopic (exact) mass is 420 g/mol. The van der Waals surface area contributed by atoms with Crippen molar-refractivity contribution in [3.8, 4) is 0 Å². The molecule has 0 aliphatic rings. The fourth-order valence-electron chi connectivity index (χ4n) is 2.77. The first-order valence-electron chi connectivity index (χ1n) is 7.73. The fraction of sp³-hybridized carbons (Fsp3) is 0.222. The summed E-state index contributed by atoms with van der Waals surface area (Å²) < 4.78 is 4.30. The topological polar surface area (TPSA) is 51.9 Å². The van der Waals surface area contributed by atoms with Crippen molar-refractivity contribution in [1.29, 1.82) is 0 Å². The molecule has 7 heteroatoms. The Bertz CT molecular complexity index is 936. The number of pyridine rings is 1. The van der Waals surface area contributed by atoms with Crippen LogP contribution in [0.1, 0.15) is 22.9 Å². The van der Waals surface area contributed by atoms with Gasteiger partial charge in [0.15, 0.2) is 4.73 Å². The van der Waals surface area contributed by atoms with Crippen LogP contribution in [0.15, 0.2) is 52.3 Å². The van der Waals surface area contributed by atoms with E-state index in [2.05, 4.69) is 26.2 Å². The van der Waals surface area contributed by atoms with Gasteiger partial charge in [-0.25, -0.2) is 4.98 Å². The molecule has 3 aromatic rings. The average molecular weight is 422 g/mol. The van der Waals surface area contributed by atoms with Gasteiger partial charge in [-0.1, -0.05) is 23.7 Å². The summed E-state index contributed by atoms with van der Waals surface area (Å²) in [6.07, 6.45) is 3.62. The molecule has 5 nitrogen and oxygen atoms in total. The van der Waals surface area contributed by atoms with Gasteiger partial charge in [-0.2, -0.15) is 0 Å². The van der Waals surface area contributed by atoms with Gasteiger partial charge in [-0.15, -0.1) is 0 Å². The molecule has 0 saturated carbocycles. The van der Waals surface area contributed by atoms with E-state index in [9.17, 15) is 4.79 Å². The lowest BCUT2D eigenvalue weighted by atomic mass is 10.0. The first-order chi connectivity index (χ1) is 11.9. The van der Waals surface area contributed by atoms with Gasteiger partial charge in [0, 0.05) is 30.9 Å². The van der Waals surface area contributed by atoms with Crippen LogP contribution in [0.4, 0.5) is 5.69 Å². The summed E-state index contributed by atoms with van der Waals surface area (Å²) in [6, 6.07) is 9.41. The number of anilines is 1. The van der Waals surface area contributed by atoms with Crippen LogP contribution >= 0.6 is 27.5 Å². The Balaban J connectivity index is 2.07. The number of nitrogens with zero attached hydrogens (tertiary/aromatic N) is 3. The summed E-state index contributed by atoms with van der Waals surface area (Å²) in [7, 11) is 3.70. The minimum absolute atomic E-state index is 0.00290. The molecule has 2 aromatic heterocycles. The number of hydrogen-bond acceptors (Lipinski definition) is 3. The van der Waals surface area contributed by atoms with E-state index in [0.29, 0.717) is 10.6 Å². The maximum atomic E-state index is 11.9. The van der Waals surface area contributed by atoms with Crippen LogP contribution in [0, 0.1) is 6.92 Å². The third kappa shape index (κ3) is 3.65. The number of rotatable bonds is 4. The molecule has 0 radical (unpaired) electrons. The van der Waals surface area contributed by atoms with Crippen molar-refractivity contribution in [2.24, 2.45) is 14.1 Å². The van der Waals surface area contributed by atoms with Gasteiger partial charge in [-0.3, -0.25) is 4.79 Å². The number of aryl methyl sites for hydroxylation is 2. The Labute approximate surface area is 159 Å². The Morgan fingerprint density at radius 2 is 1.92 bits per heavy atom. The Morgan fingerprint density at radius 1 is 1.24 bits per heavy atom. The van der Waals surface area contributed by atoms with Crippen LogP contribution < -0.4 is 10.9 Å². The Kier molecular flexibility index (Phi) is 5.01. The summed E-state index contributed by atoms with van der Waals surface area (Å²) in [5.74, 6) is 0. The van der Waals surface area contributed by atoms with E-state index >= 15 is 0 Å². The number of benzene rings is 1. The van der Waals surface area contributed by atoms with Crippen molar-refractivity contribution in [3.63, 3.8) is 0 Å². The second-order valence-electron chi connectivity index (χ2n) is 5.97. The lowest BCUT2D eigenvalue weighted by Crippen LogP contribution is -2.21. The molecule has 0 amide bonds. The van der Waals surface area contributed by atoms with Crippen molar-refractivity contribution in [1.82, 2.24) is 14.1 Å². The van der Waals surface area contributed by atoms with Gasteiger partial charge in [0.25, 0.3) is 5.56 Å². The molecule has 1 unspecified atom stereocenters. The molecule has 3 rings (SSSR count). The predicted molar refractivity (Wildman–Crippen MR) is 104 cm³/mol. The number of nitrogens with one attached hydrogen (secondary N) is 1. The average Bonchev–Trinajstić information content (AvgIpc) is 2.90. The Hall–Kier alpha value is -2.05. The minimum atomic E-state index is -0.141. The van der Waals surface area contributed by atoms with E-state index in [1.54, 1.807) is 17.8 Å². The van der Waals surface area contributed by atoms with Crippen molar-refractivity contribution in [2.45, 2.75) is 13.0 Å². The van der Waals surface area contributed by atoms with E-state index in [4.69, 9.17) is 11.6 Å². The molecule has 0 bridgehead atoms. The maximum absolute atomic E-state index is 11.9. The maximum Gasteiger partial charge on any atom is 0.253 e. The third-order valence-electron chi connectivity index (χ3n) is 4.14. The quantitative estimate of drug-likeness (QED) is 0.691. The molecule has 25 heavy (non-hydrogen) atoms.